The third-order valence-electron chi connectivity index (χ3n) is 7.83. The summed E-state index contributed by atoms with van der Waals surface area (Å²) in [6.07, 6.45) is 0.533. The van der Waals surface area contributed by atoms with Crippen molar-refractivity contribution in [3.05, 3.63) is 46.5 Å². The second kappa shape index (κ2) is 13.2. The first-order valence-corrected chi connectivity index (χ1v) is 14.9. The van der Waals surface area contributed by atoms with Gasteiger partial charge in [-0.3, -0.25) is 4.90 Å². The van der Waals surface area contributed by atoms with Crippen LogP contribution in [0.5, 0.6) is 17.2 Å². The highest BCUT2D eigenvalue weighted by molar-refractivity contribution is 7.89. The molecule has 38 heavy (non-hydrogen) atoms. The van der Waals surface area contributed by atoms with Gasteiger partial charge in [0, 0.05) is 12.1 Å². The van der Waals surface area contributed by atoms with Crippen LogP contribution in [0.1, 0.15) is 78.9 Å². The van der Waals surface area contributed by atoms with Gasteiger partial charge >= 0.3 is 0 Å². The maximum atomic E-state index is 13.1. The molecule has 0 aliphatic heterocycles. The molecule has 8 heteroatoms. The topological polar surface area (TPSA) is 77.1 Å². The second-order valence-electron chi connectivity index (χ2n) is 10.1. The van der Waals surface area contributed by atoms with E-state index in [9.17, 15) is 8.42 Å². The van der Waals surface area contributed by atoms with E-state index in [1.165, 1.54) is 7.05 Å². The van der Waals surface area contributed by atoms with Crippen molar-refractivity contribution in [1.82, 2.24) is 9.62 Å². The molecule has 0 heterocycles. The molecule has 7 nitrogen and oxygen atoms in total. The molecule has 0 aliphatic carbocycles. The van der Waals surface area contributed by atoms with E-state index >= 15 is 0 Å². The Morgan fingerprint density at radius 3 is 2.18 bits per heavy atom. The molecule has 0 aromatic heterocycles. The number of hydrogen-bond acceptors (Lipinski definition) is 6. The second-order valence-corrected chi connectivity index (χ2v) is 11.9. The molecule has 0 radical (unpaired) electrons. The van der Waals surface area contributed by atoms with E-state index in [1.807, 2.05) is 53.8 Å². The molecule has 1 N–H and O–H groups in total. The minimum Gasteiger partial charge on any atom is -0.492 e. The van der Waals surface area contributed by atoms with Crippen molar-refractivity contribution in [1.29, 1.82) is 0 Å². The standard InChI is InChI=1S/C30H48N2O5S/c1-12-30(9,24(8)25-16-18-27(36-14-3)29(23(25)7)38(33,34)31-10)32(11)19-21(5)37-28-22(6)20(4)15-17-26(28)35-13-2/h15-18,21,24,31H,12-14,19H2,1-11H3/t21?,24?,30-/m1/s1/i16D,18D. The van der Waals surface area contributed by atoms with Gasteiger partial charge in [0.2, 0.25) is 10.0 Å². The number of ether oxygens (including phenoxy) is 3. The Bertz CT molecular complexity index is 1300. The molecular weight excluding hydrogens is 500 g/mol. The highest BCUT2D eigenvalue weighted by Gasteiger charge is 2.37. The third-order valence-corrected chi connectivity index (χ3v) is 9.40. The molecule has 0 saturated heterocycles. The molecule has 0 saturated carbocycles. The van der Waals surface area contributed by atoms with Crippen LogP contribution in [-0.2, 0) is 10.0 Å². The smallest absolute Gasteiger partial charge is 0.244 e. The molecule has 0 spiro atoms. The van der Waals surface area contributed by atoms with Crippen LogP contribution in [0.4, 0.5) is 0 Å². The Morgan fingerprint density at radius 2 is 1.63 bits per heavy atom. The van der Waals surface area contributed by atoms with E-state index < -0.39 is 15.6 Å². The molecule has 3 atom stereocenters. The van der Waals surface area contributed by atoms with Gasteiger partial charge in [-0.05, 0) is 109 Å². The van der Waals surface area contributed by atoms with Crippen LogP contribution in [0, 0.1) is 20.8 Å². The van der Waals surface area contributed by atoms with Crippen molar-refractivity contribution in [3.63, 3.8) is 0 Å². The van der Waals surface area contributed by atoms with E-state index in [0.29, 0.717) is 24.3 Å². The van der Waals surface area contributed by atoms with Crippen molar-refractivity contribution >= 4 is 10.0 Å². The van der Waals surface area contributed by atoms with Crippen LogP contribution in [0.2, 0.25) is 0 Å². The quantitative estimate of drug-likeness (QED) is 0.311. The van der Waals surface area contributed by atoms with Gasteiger partial charge in [0.25, 0.3) is 0 Å². The molecule has 2 aromatic carbocycles. The summed E-state index contributed by atoms with van der Waals surface area (Å²) >= 11 is 0. The number of rotatable bonds is 14. The minimum absolute atomic E-state index is 0.0161. The monoisotopic (exact) mass is 550 g/mol. The molecular formula is C30H48N2O5S. The lowest BCUT2D eigenvalue weighted by Gasteiger charge is -2.45. The van der Waals surface area contributed by atoms with Gasteiger partial charge in [-0.25, -0.2) is 13.1 Å². The van der Waals surface area contributed by atoms with Crippen LogP contribution in [0.15, 0.2) is 29.1 Å². The van der Waals surface area contributed by atoms with E-state index in [1.54, 1.807) is 13.8 Å². The fraction of sp³-hybridized carbons (Fsp3) is 0.600. The summed E-state index contributed by atoms with van der Waals surface area (Å²) in [5.41, 5.74) is 2.64. The molecule has 0 bridgehead atoms. The van der Waals surface area contributed by atoms with Crippen molar-refractivity contribution in [3.8, 4) is 17.2 Å². The number of hydrogen-bond donors (Lipinski definition) is 1. The summed E-state index contributed by atoms with van der Waals surface area (Å²) in [5.74, 6) is 1.09. The predicted octanol–water partition coefficient (Wildman–Crippen LogP) is 5.99. The van der Waals surface area contributed by atoms with Crippen LogP contribution >= 0.6 is 0 Å². The zero-order valence-corrected chi connectivity index (χ0v) is 25.9. The van der Waals surface area contributed by atoms with Gasteiger partial charge in [-0.2, -0.15) is 0 Å². The van der Waals surface area contributed by atoms with Gasteiger partial charge in [-0.15, -0.1) is 0 Å². The Kier molecular flexibility index (Phi) is 9.96. The van der Waals surface area contributed by atoms with Gasteiger partial charge < -0.3 is 14.2 Å². The zero-order chi connectivity index (χ0) is 30.6. The van der Waals surface area contributed by atoms with Gasteiger partial charge in [0.15, 0.2) is 11.5 Å². The van der Waals surface area contributed by atoms with E-state index in [4.69, 9.17) is 17.0 Å². The fourth-order valence-corrected chi connectivity index (χ4v) is 5.97. The number of nitrogens with zero attached hydrogens (tertiary/aromatic N) is 1. The number of sulfonamides is 1. The largest absolute Gasteiger partial charge is 0.492 e. The third kappa shape index (κ3) is 6.64. The molecule has 214 valence electrons. The van der Waals surface area contributed by atoms with Gasteiger partial charge in [-0.1, -0.05) is 26.0 Å². The van der Waals surface area contributed by atoms with Crippen molar-refractivity contribution in [2.45, 2.75) is 91.2 Å². The number of likely N-dealkylation sites (N-methyl/N-ethyl adjacent to an activating group) is 1. The SMILES string of the molecule is [2H]c1c([2H])c(C(C)[C@@](C)(CC)N(C)CC(C)Oc2c(OCC)ccc(C)c2C)c(C)c(S(=O)(=O)NC)c1OCC. The normalized spacial score (nSPS) is 15.9. The predicted molar refractivity (Wildman–Crippen MR) is 156 cm³/mol. The van der Waals surface area contributed by atoms with E-state index in [2.05, 4.69) is 23.5 Å². The Labute approximate surface area is 233 Å². The molecule has 0 amide bonds. The average molecular weight is 551 g/mol. The van der Waals surface area contributed by atoms with E-state index in [-0.39, 0.29) is 41.4 Å². The first-order chi connectivity index (χ1) is 18.6. The highest BCUT2D eigenvalue weighted by atomic mass is 32.2. The fourth-order valence-electron chi connectivity index (χ4n) is 4.90. The molecule has 2 unspecified atom stereocenters. The molecule has 0 aliphatic rings. The van der Waals surface area contributed by atoms with E-state index in [0.717, 1.165) is 29.0 Å². The van der Waals surface area contributed by atoms with Gasteiger partial charge in [0.1, 0.15) is 16.7 Å². The van der Waals surface area contributed by atoms with Crippen LogP contribution in [0.25, 0.3) is 0 Å². The number of nitrogens with one attached hydrogen (secondary N) is 1. The summed E-state index contributed by atoms with van der Waals surface area (Å²) in [6.45, 7) is 19.0. The van der Waals surface area contributed by atoms with Crippen LogP contribution in [-0.4, -0.2) is 58.8 Å². The molecule has 0 fully saturated rings. The lowest BCUT2D eigenvalue weighted by atomic mass is 9.77. The van der Waals surface area contributed by atoms with Crippen LogP contribution < -0.4 is 18.9 Å². The molecule has 2 rings (SSSR count). The Balaban J connectivity index is 2.53. The van der Waals surface area contributed by atoms with Crippen molar-refractivity contribution < 1.29 is 25.4 Å². The van der Waals surface area contributed by atoms with Crippen molar-refractivity contribution in [2.75, 3.05) is 33.9 Å². The first-order valence-electron chi connectivity index (χ1n) is 14.4. The average Bonchev–Trinajstić information content (AvgIpc) is 2.90. The van der Waals surface area contributed by atoms with Crippen molar-refractivity contribution in [2.24, 2.45) is 0 Å². The zero-order valence-electron chi connectivity index (χ0n) is 27.0. The maximum Gasteiger partial charge on any atom is 0.244 e. The Morgan fingerprint density at radius 1 is 1.03 bits per heavy atom. The summed E-state index contributed by atoms with van der Waals surface area (Å²) in [6, 6.07) is 3.73. The lowest BCUT2D eigenvalue weighted by molar-refractivity contribution is 0.0610. The number of aryl methyl sites for hydroxylation is 1. The minimum atomic E-state index is -3.94. The summed E-state index contributed by atoms with van der Waals surface area (Å²) < 4.78 is 64.0. The maximum absolute atomic E-state index is 13.1. The van der Waals surface area contributed by atoms with Gasteiger partial charge in [0.05, 0.1) is 16.0 Å². The number of benzene rings is 2. The highest BCUT2D eigenvalue weighted by Crippen LogP contribution is 2.41. The lowest BCUT2D eigenvalue weighted by Crippen LogP contribution is -2.50. The summed E-state index contributed by atoms with van der Waals surface area (Å²) in [4.78, 5) is 2.13. The Hall–Kier alpha value is -2.29. The molecule has 2 aromatic rings. The first kappa shape index (κ1) is 28.7. The summed E-state index contributed by atoms with van der Waals surface area (Å²) in [7, 11) is -0.585. The summed E-state index contributed by atoms with van der Waals surface area (Å²) in [5, 5.41) is 0. The van der Waals surface area contributed by atoms with Crippen LogP contribution in [0.3, 0.4) is 0 Å².